The zero-order chi connectivity index (χ0) is 9.90. The molecule has 0 spiro atoms. The fourth-order valence-corrected chi connectivity index (χ4v) is 0.857. The molecule has 0 saturated heterocycles. The lowest BCUT2D eigenvalue weighted by Crippen LogP contribution is -2.20. The fraction of sp³-hybridized carbons (Fsp3) is 0.250. The van der Waals surface area contributed by atoms with Gasteiger partial charge in [-0.1, -0.05) is 12.1 Å². The highest BCUT2D eigenvalue weighted by molar-refractivity contribution is 5.44. The smallest absolute Gasteiger partial charge is 0.392 e. The molecule has 1 aromatic carbocycles. The molecule has 13 heavy (non-hydrogen) atoms. The number of aliphatic hydroxyl groups excluding tert-OH is 1. The summed E-state index contributed by atoms with van der Waals surface area (Å²) in [5.74, 6) is 0. The first-order valence-corrected chi connectivity index (χ1v) is 3.56. The van der Waals surface area contributed by atoms with Gasteiger partial charge in [0.2, 0.25) is 0 Å². The van der Waals surface area contributed by atoms with E-state index in [1.165, 1.54) is 29.6 Å². The molecule has 0 unspecified atom stereocenters. The molecule has 0 aromatic heterocycles. The van der Waals surface area contributed by atoms with E-state index in [2.05, 4.69) is 0 Å². The minimum atomic E-state index is -4.42. The Morgan fingerprint density at radius 1 is 1.15 bits per heavy atom. The molecule has 0 saturated carbocycles. The molecule has 0 amide bonds. The first kappa shape index (κ1) is 9.85. The second-order valence-corrected chi connectivity index (χ2v) is 2.48. The van der Waals surface area contributed by atoms with E-state index in [9.17, 15) is 13.2 Å². The van der Waals surface area contributed by atoms with Crippen LogP contribution in [0, 0.1) is 0 Å². The van der Waals surface area contributed by atoms with Crippen LogP contribution in [-0.2, 0) is 6.61 Å². The van der Waals surface area contributed by atoms with Crippen molar-refractivity contribution >= 4 is 5.69 Å². The van der Waals surface area contributed by atoms with Crippen LogP contribution in [0.4, 0.5) is 18.9 Å². The Bertz CT molecular complexity index is 268. The van der Waals surface area contributed by atoms with Gasteiger partial charge in [0, 0.05) is 5.69 Å². The zero-order valence-electron chi connectivity index (χ0n) is 6.60. The van der Waals surface area contributed by atoms with Gasteiger partial charge >= 0.3 is 6.30 Å². The van der Waals surface area contributed by atoms with Gasteiger partial charge in [-0.2, -0.15) is 13.2 Å². The molecule has 0 aliphatic carbocycles. The van der Waals surface area contributed by atoms with E-state index in [-0.39, 0.29) is 12.3 Å². The number of rotatable bonds is 2. The molecule has 5 heteroatoms. The topological polar surface area (TPSA) is 32.3 Å². The molecule has 0 atom stereocenters. The van der Waals surface area contributed by atoms with E-state index < -0.39 is 6.30 Å². The summed E-state index contributed by atoms with van der Waals surface area (Å²) in [6.07, 6.45) is -4.42. The third-order valence-electron chi connectivity index (χ3n) is 1.42. The van der Waals surface area contributed by atoms with E-state index in [0.29, 0.717) is 5.56 Å². The van der Waals surface area contributed by atoms with Crippen LogP contribution in [0.2, 0.25) is 0 Å². The van der Waals surface area contributed by atoms with Gasteiger partial charge in [0.1, 0.15) is 0 Å². The maximum absolute atomic E-state index is 11.8. The Balaban J connectivity index is 2.70. The van der Waals surface area contributed by atoms with Gasteiger partial charge in [-0.3, -0.25) is 5.32 Å². The predicted octanol–water partition coefficient (Wildman–Crippen LogP) is 2.11. The monoisotopic (exact) mass is 191 g/mol. The molecule has 1 aromatic rings. The zero-order valence-corrected chi connectivity index (χ0v) is 6.60. The molecule has 0 bridgehead atoms. The minimum Gasteiger partial charge on any atom is -0.392 e. The molecule has 0 radical (unpaired) electrons. The second-order valence-electron chi connectivity index (χ2n) is 2.48. The van der Waals surface area contributed by atoms with Crippen molar-refractivity contribution < 1.29 is 18.3 Å². The van der Waals surface area contributed by atoms with E-state index in [1.807, 2.05) is 0 Å². The van der Waals surface area contributed by atoms with Crippen molar-refractivity contribution in [3.63, 3.8) is 0 Å². The second kappa shape index (κ2) is 3.66. The lowest BCUT2D eigenvalue weighted by atomic mass is 10.2. The fourth-order valence-electron chi connectivity index (χ4n) is 0.857. The highest BCUT2D eigenvalue weighted by Gasteiger charge is 2.26. The maximum Gasteiger partial charge on any atom is 0.482 e. The van der Waals surface area contributed by atoms with Crippen LogP contribution < -0.4 is 5.32 Å². The number of hydrogen-bond donors (Lipinski definition) is 2. The summed E-state index contributed by atoms with van der Waals surface area (Å²) in [5, 5.41) is 9.97. The van der Waals surface area contributed by atoms with Crippen molar-refractivity contribution in [1.82, 2.24) is 0 Å². The van der Waals surface area contributed by atoms with Gasteiger partial charge in [-0.05, 0) is 17.7 Å². The van der Waals surface area contributed by atoms with Crippen molar-refractivity contribution in [2.45, 2.75) is 12.9 Å². The van der Waals surface area contributed by atoms with Gasteiger partial charge in [0.15, 0.2) is 0 Å². The van der Waals surface area contributed by atoms with E-state index in [4.69, 9.17) is 5.11 Å². The van der Waals surface area contributed by atoms with Crippen LogP contribution in [0.5, 0.6) is 0 Å². The molecule has 0 fully saturated rings. The van der Waals surface area contributed by atoms with Crippen LogP contribution in [0.1, 0.15) is 5.56 Å². The van der Waals surface area contributed by atoms with Crippen LogP contribution in [0.15, 0.2) is 24.3 Å². The summed E-state index contributed by atoms with van der Waals surface area (Å²) in [5.41, 5.74) is 0.539. The molecular weight excluding hydrogens is 183 g/mol. The third-order valence-corrected chi connectivity index (χ3v) is 1.42. The summed E-state index contributed by atoms with van der Waals surface area (Å²) in [4.78, 5) is 0. The number of aliphatic hydroxyl groups is 1. The van der Waals surface area contributed by atoms with Gasteiger partial charge in [0.25, 0.3) is 0 Å². The summed E-state index contributed by atoms with van der Waals surface area (Å²) in [6.45, 7) is -0.174. The van der Waals surface area contributed by atoms with Crippen LogP contribution >= 0.6 is 0 Å². The van der Waals surface area contributed by atoms with Crippen LogP contribution in [-0.4, -0.2) is 11.4 Å². The number of halogens is 3. The summed E-state index contributed by atoms with van der Waals surface area (Å²) in [7, 11) is 0. The normalized spacial score (nSPS) is 11.4. The quantitative estimate of drug-likeness (QED) is 0.701. The average molecular weight is 191 g/mol. The Labute approximate surface area is 73.0 Å². The SMILES string of the molecule is OCc1ccc(NC(F)(F)F)cc1. The van der Waals surface area contributed by atoms with Gasteiger partial charge < -0.3 is 5.11 Å². The lowest BCUT2D eigenvalue weighted by Gasteiger charge is -2.09. The van der Waals surface area contributed by atoms with Crippen molar-refractivity contribution in [1.29, 1.82) is 0 Å². The molecule has 2 nitrogen and oxygen atoms in total. The number of hydrogen-bond acceptors (Lipinski definition) is 2. The first-order valence-electron chi connectivity index (χ1n) is 3.56. The van der Waals surface area contributed by atoms with E-state index >= 15 is 0 Å². The maximum atomic E-state index is 11.8. The van der Waals surface area contributed by atoms with Crippen molar-refractivity contribution in [3.8, 4) is 0 Å². The first-order chi connectivity index (χ1) is 6.01. The largest absolute Gasteiger partial charge is 0.482 e. The van der Waals surface area contributed by atoms with Crippen molar-refractivity contribution in [2.24, 2.45) is 0 Å². The van der Waals surface area contributed by atoms with Crippen LogP contribution in [0.25, 0.3) is 0 Å². The van der Waals surface area contributed by atoms with Crippen molar-refractivity contribution in [3.05, 3.63) is 29.8 Å². The number of benzene rings is 1. The molecule has 72 valence electrons. The number of anilines is 1. The standard InChI is InChI=1S/C8H8F3NO/c9-8(10,11)12-7-3-1-6(5-13)2-4-7/h1-4,12-13H,5H2. The van der Waals surface area contributed by atoms with Crippen LogP contribution in [0.3, 0.4) is 0 Å². The number of alkyl halides is 3. The predicted molar refractivity (Wildman–Crippen MR) is 42.0 cm³/mol. The summed E-state index contributed by atoms with van der Waals surface area (Å²) >= 11 is 0. The van der Waals surface area contributed by atoms with Gasteiger partial charge in [-0.15, -0.1) is 0 Å². The Kier molecular flexibility index (Phi) is 2.77. The molecule has 1 rings (SSSR count). The Hall–Kier alpha value is -1.23. The Morgan fingerprint density at radius 3 is 2.08 bits per heavy atom. The summed E-state index contributed by atoms with van der Waals surface area (Å²) in [6, 6.07) is 5.38. The molecule has 0 heterocycles. The van der Waals surface area contributed by atoms with E-state index in [0.717, 1.165) is 0 Å². The van der Waals surface area contributed by atoms with Gasteiger partial charge in [0.05, 0.1) is 6.61 Å². The lowest BCUT2D eigenvalue weighted by molar-refractivity contribution is -0.0999. The average Bonchev–Trinajstić information content (AvgIpc) is 2.03. The Morgan fingerprint density at radius 2 is 1.69 bits per heavy atom. The molecular formula is C8H8F3NO. The highest BCUT2D eigenvalue weighted by atomic mass is 19.4. The molecule has 0 aliphatic heterocycles. The van der Waals surface area contributed by atoms with Gasteiger partial charge in [-0.25, -0.2) is 0 Å². The molecule has 2 N–H and O–H groups in total. The van der Waals surface area contributed by atoms with Crippen molar-refractivity contribution in [2.75, 3.05) is 5.32 Å². The molecule has 0 aliphatic rings. The van der Waals surface area contributed by atoms with E-state index in [1.54, 1.807) is 0 Å². The number of nitrogens with one attached hydrogen (secondary N) is 1. The highest BCUT2D eigenvalue weighted by Crippen LogP contribution is 2.19. The minimum absolute atomic E-state index is 0.0373. The summed E-state index contributed by atoms with van der Waals surface area (Å²) < 4.78 is 35.3. The third kappa shape index (κ3) is 3.33.